The molecule has 4 rings (SSSR count). The monoisotopic (exact) mass is 344 g/mol. The Kier molecular flexibility index (Phi) is 3.07. The smallest absolute Gasteiger partial charge is 0.229 e. The summed E-state index contributed by atoms with van der Waals surface area (Å²) in [6, 6.07) is 3.86. The van der Waals surface area contributed by atoms with Crippen molar-refractivity contribution < 1.29 is 0 Å². The highest BCUT2D eigenvalue weighted by Crippen LogP contribution is 2.37. The maximum atomic E-state index is 4.42. The first-order valence-electron chi connectivity index (χ1n) is 6.84. The Bertz CT molecular complexity index is 778. The fraction of sp³-hybridized carbons (Fsp3) is 0.286. The number of halogens is 1. The van der Waals surface area contributed by atoms with E-state index in [9.17, 15) is 0 Å². The molecule has 6 nitrogen and oxygen atoms in total. The van der Waals surface area contributed by atoms with E-state index >= 15 is 0 Å². The molecule has 0 aliphatic heterocycles. The van der Waals surface area contributed by atoms with Gasteiger partial charge >= 0.3 is 0 Å². The molecule has 21 heavy (non-hydrogen) atoms. The van der Waals surface area contributed by atoms with Crippen molar-refractivity contribution in [2.75, 3.05) is 5.32 Å². The van der Waals surface area contributed by atoms with E-state index in [4.69, 9.17) is 0 Å². The maximum Gasteiger partial charge on any atom is 0.229 e. The lowest BCUT2D eigenvalue weighted by Crippen LogP contribution is -2.05. The van der Waals surface area contributed by atoms with Crippen molar-refractivity contribution in [3.05, 3.63) is 46.6 Å². The highest BCUT2D eigenvalue weighted by Gasteiger charge is 2.26. The lowest BCUT2D eigenvalue weighted by molar-refractivity contribution is 0.900. The van der Waals surface area contributed by atoms with Gasteiger partial charge in [0.05, 0.1) is 0 Å². The maximum absolute atomic E-state index is 4.42. The molecule has 0 atom stereocenters. The third-order valence-corrected chi connectivity index (χ3v) is 3.95. The molecule has 3 aromatic heterocycles. The number of anilines is 1. The molecule has 1 fully saturated rings. The summed E-state index contributed by atoms with van der Waals surface area (Å²) < 4.78 is 2.89. The third-order valence-electron chi connectivity index (χ3n) is 3.48. The Labute approximate surface area is 129 Å². The summed E-state index contributed by atoms with van der Waals surface area (Å²) in [5, 5.41) is 11.5. The van der Waals surface area contributed by atoms with Crippen molar-refractivity contribution in [2.24, 2.45) is 0 Å². The summed E-state index contributed by atoms with van der Waals surface area (Å²) in [4.78, 5) is 8.83. The summed E-state index contributed by atoms with van der Waals surface area (Å²) in [6.45, 7) is 0.623. The standard InChI is InChI=1S/C14H13BrN6/c15-11-3-4-12-19-20-14(21(12)8-11)18-7-9-5-16-13(17-6-9)10-1-2-10/h3-6,8,10H,1-2,7H2,(H,18,20). The van der Waals surface area contributed by atoms with Crippen LogP contribution in [0, 0.1) is 0 Å². The first-order chi connectivity index (χ1) is 10.3. The quantitative estimate of drug-likeness (QED) is 0.788. The molecule has 0 amide bonds. The summed E-state index contributed by atoms with van der Waals surface area (Å²) >= 11 is 3.45. The molecule has 106 valence electrons. The Morgan fingerprint density at radius 3 is 2.76 bits per heavy atom. The third kappa shape index (κ3) is 2.61. The van der Waals surface area contributed by atoms with Crippen molar-refractivity contribution in [1.82, 2.24) is 24.6 Å². The molecule has 1 aliphatic carbocycles. The van der Waals surface area contributed by atoms with Crippen LogP contribution in [0.2, 0.25) is 0 Å². The molecule has 3 heterocycles. The molecule has 1 saturated carbocycles. The zero-order chi connectivity index (χ0) is 14.2. The lowest BCUT2D eigenvalue weighted by atomic mass is 10.3. The minimum absolute atomic E-state index is 0.588. The Morgan fingerprint density at radius 2 is 2.00 bits per heavy atom. The number of hydrogen-bond donors (Lipinski definition) is 1. The molecule has 7 heteroatoms. The van der Waals surface area contributed by atoms with Crippen LogP contribution in [0.1, 0.15) is 30.1 Å². The van der Waals surface area contributed by atoms with Crippen LogP contribution in [0.15, 0.2) is 35.2 Å². The number of nitrogens with zero attached hydrogens (tertiary/aromatic N) is 5. The summed E-state index contributed by atoms with van der Waals surface area (Å²) in [7, 11) is 0. The summed E-state index contributed by atoms with van der Waals surface area (Å²) in [5.41, 5.74) is 1.84. The zero-order valence-corrected chi connectivity index (χ0v) is 12.8. The predicted octanol–water partition coefficient (Wildman–Crippen LogP) is 2.77. The van der Waals surface area contributed by atoms with Crippen LogP contribution in [-0.2, 0) is 6.54 Å². The van der Waals surface area contributed by atoms with E-state index < -0.39 is 0 Å². The van der Waals surface area contributed by atoms with Crippen LogP contribution in [0.4, 0.5) is 5.95 Å². The Morgan fingerprint density at radius 1 is 1.19 bits per heavy atom. The second kappa shape index (κ2) is 5.07. The van der Waals surface area contributed by atoms with Crippen LogP contribution in [0.3, 0.4) is 0 Å². The average molecular weight is 345 g/mol. The number of hydrogen-bond acceptors (Lipinski definition) is 5. The molecule has 0 unspecified atom stereocenters. The fourth-order valence-electron chi connectivity index (χ4n) is 2.17. The van der Waals surface area contributed by atoms with Crippen molar-refractivity contribution >= 4 is 27.5 Å². The van der Waals surface area contributed by atoms with Gasteiger partial charge in [0.25, 0.3) is 0 Å². The molecule has 1 aliphatic rings. The molecule has 0 saturated heterocycles. The molecular formula is C14H13BrN6. The topological polar surface area (TPSA) is 68.0 Å². The van der Waals surface area contributed by atoms with E-state index in [1.54, 1.807) is 0 Å². The van der Waals surface area contributed by atoms with Gasteiger partial charge in [-0.05, 0) is 40.9 Å². The van der Waals surface area contributed by atoms with Crippen LogP contribution in [-0.4, -0.2) is 24.6 Å². The van der Waals surface area contributed by atoms with Gasteiger partial charge < -0.3 is 5.32 Å². The van der Waals surface area contributed by atoms with E-state index in [-0.39, 0.29) is 0 Å². The van der Waals surface area contributed by atoms with E-state index in [0.717, 1.165) is 21.5 Å². The predicted molar refractivity (Wildman–Crippen MR) is 82.0 cm³/mol. The van der Waals surface area contributed by atoms with Gasteiger partial charge in [-0.1, -0.05) is 0 Å². The van der Waals surface area contributed by atoms with Gasteiger partial charge in [-0.25, -0.2) is 9.97 Å². The first kappa shape index (κ1) is 12.7. The molecule has 1 N–H and O–H groups in total. The van der Waals surface area contributed by atoms with Crippen molar-refractivity contribution in [3.63, 3.8) is 0 Å². The van der Waals surface area contributed by atoms with Crippen molar-refractivity contribution in [1.29, 1.82) is 0 Å². The van der Waals surface area contributed by atoms with Gasteiger partial charge in [0, 0.05) is 41.1 Å². The number of rotatable bonds is 4. The minimum Gasteiger partial charge on any atom is -0.350 e. The molecule has 0 bridgehead atoms. The Balaban J connectivity index is 1.50. The highest BCUT2D eigenvalue weighted by molar-refractivity contribution is 9.10. The van der Waals surface area contributed by atoms with Gasteiger partial charge in [-0.15, -0.1) is 10.2 Å². The number of fused-ring (bicyclic) bond motifs is 1. The van der Waals surface area contributed by atoms with Crippen LogP contribution in [0.5, 0.6) is 0 Å². The average Bonchev–Trinajstić information content (AvgIpc) is 3.28. The second-order valence-corrected chi connectivity index (χ2v) is 6.09. The number of nitrogens with one attached hydrogen (secondary N) is 1. The van der Waals surface area contributed by atoms with Gasteiger partial charge in [-0.3, -0.25) is 4.40 Å². The van der Waals surface area contributed by atoms with E-state index in [1.807, 2.05) is 35.1 Å². The molecular weight excluding hydrogens is 332 g/mol. The largest absolute Gasteiger partial charge is 0.350 e. The second-order valence-electron chi connectivity index (χ2n) is 5.18. The van der Waals surface area contributed by atoms with Gasteiger partial charge in [0.15, 0.2) is 5.65 Å². The SMILES string of the molecule is Brc1ccc2nnc(NCc3cnc(C4CC4)nc3)n2c1. The minimum atomic E-state index is 0.588. The highest BCUT2D eigenvalue weighted by atomic mass is 79.9. The summed E-state index contributed by atoms with van der Waals surface area (Å²) in [6.07, 6.45) is 8.14. The fourth-order valence-corrected chi connectivity index (χ4v) is 2.51. The molecule has 0 radical (unpaired) electrons. The Hall–Kier alpha value is -2.02. The van der Waals surface area contributed by atoms with E-state index in [1.165, 1.54) is 12.8 Å². The molecule has 0 aromatic carbocycles. The van der Waals surface area contributed by atoms with Crippen LogP contribution in [0.25, 0.3) is 5.65 Å². The van der Waals surface area contributed by atoms with Crippen LogP contribution >= 0.6 is 15.9 Å². The van der Waals surface area contributed by atoms with Crippen molar-refractivity contribution in [3.8, 4) is 0 Å². The lowest BCUT2D eigenvalue weighted by Gasteiger charge is -2.05. The van der Waals surface area contributed by atoms with Crippen molar-refractivity contribution in [2.45, 2.75) is 25.3 Å². The number of aromatic nitrogens is 5. The van der Waals surface area contributed by atoms with E-state index in [0.29, 0.717) is 18.4 Å². The molecule has 3 aromatic rings. The van der Waals surface area contributed by atoms with Gasteiger partial charge in [-0.2, -0.15) is 0 Å². The van der Waals surface area contributed by atoms with Crippen LogP contribution < -0.4 is 5.32 Å². The zero-order valence-electron chi connectivity index (χ0n) is 11.2. The van der Waals surface area contributed by atoms with Gasteiger partial charge in [0.2, 0.25) is 5.95 Å². The van der Waals surface area contributed by atoms with E-state index in [2.05, 4.69) is 41.4 Å². The summed E-state index contributed by atoms with van der Waals surface area (Å²) in [5.74, 6) is 2.26. The first-order valence-corrected chi connectivity index (χ1v) is 7.64. The van der Waals surface area contributed by atoms with Gasteiger partial charge in [0.1, 0.15) is 5.82 Å². The normalized spacial score (nSPS) is 14.5. The molecule has 0 spiro atoms. The number of pyridine rings is 1.